The maximum absolute atomic E-state index is 13.4. The summed E-state index contributed by atoms with van der Waals surface area (Å²) >= 11 is 12.8. The van der Waals surface area contributed by atoms with Gasteiger partial charge in [-0.25, -0.2) is 0 Å². The van der Waals surface area contributed by atoms with Gasteiger partial charge in [-0.3, -0.25) is 14.5 Å². The third-order valence-corrected chi connectivity index (χ3v) is 9.56. The standard InChI is InChI=1S/C28H26ClNO4S2/c1-33-23-10-16(11-24-25(31)30(27(35)36-24)21-4-2-3-20(29)12-21)5-6-22(23)34-26(32)28-13-17-7-18(14-28)9-19(8-17)15-28/h2-6,10-12,17-19H,7-9,13-15H2,1H3/b24-11+. The van der Waals surface area contributed by atoms with E-state index in [0.29, 0.717) is 49.2 Å². The highest BCUT2D eigenvalue weighted by Gasteiger charge is 2.55. The zero-order valence-electron chi connectivity index (χ0n) is 19.9. The number of amides is 1. The quantitative estimate of drug-likeness (QED) is 0.179. The van der Waals surface area contributed by atoms with Crippen molar-refractivity contribution in [3.63, 3.8) is 0 Å². The van der Waals surface area contributed by atoms with Gasteiger partial charge in [0.05, 0.1) is 23.1 Å². The third kappa shape index (κ3) is 4.25. The summed E-state index contributed by atoms with van der Waals surface area (Å²) in [6.45, 7) is 0. The van der Waals surface area contributed by atoms with Crippen molar-refractivity contribution in [3.8, 4) is 11.5 Å². The Morgan fingerprint density at radius 2 is 1.78 bits per heavy atom. The summed E-state index contributed by atoms with van der Waals surface area (Å²) in [5, 5.41) is 0.536. The van der Waals surface area contributed by atoms with Crippen molar-refractivity contribution in [1.29, 1.82) is 0 Å². The Kier molecular flexibility index (Phi) is 6.13. The number of benzene rings is 2. The number of anilines is 1. The minimum Gasteiger partial charge on any atom is -0.493 e. The number of carbonyl (C=O) groups is 2. The number of thiocarbonyl (C=S) groups is 1. The lowest BCUT2D eigenvalue weighted by molar-refractivity contribution is -0.161. The molecule has 0 N–H and O–H groups in total. The second kappa shape index (κ2) is 9.19. The predicted octanol–water partition coefficient (Wildman–Crippen LogP) is 6.88. The summed E-state index contributed by atoms with van der Waals surface area (Å²) in [7, 11) is 1.56. The fraction of sp³-hybridized carbons (Fsp3) is 0.393. The molecule has 4 saturated carbocycles. The highest BCUT2D eigenvalue weighted by molar-refractivity contribution is 8.27. The van der Waals surface area contributed by atoms with Crippen LogP contribution < -0.4 is 14.4 Å². The van der Waals surface area contributed by atoms with Gasteiger partial charge in [-0.1, -0.05) is 47.7 Å². The Morgan fingerprint density at radius 3 is 2.42 bits per heavy atom. The van der Waals surface area contributed by atoms with Crippen molar-refractivity contribution < 1.29 is 19.1 Å². The molecule has 1 heterocycles. The van der Waals surface area contributed by atoms with Crippen molar-refractivity contribution in [2.75, 3.05) is 12.0 Å². The topological polar surface area (TPSA) is 55.8 Å². The molecule has 0 unspecified atom stereocenters. The van der Waals surface area contributed by atoms with Gasteiger partial charge in [0.25, 0.3) is 5.91 Å². The average molecular weight is 540 g/mol. The molecule has 8 heteroatoms. The SMILES string of the molecule is COc1cc(/C=C2/SC(=S)N(c3cccc(Cl)c3)C2=O)ccc1OC(=O)C12CC3CC(CC(C3)C1)C2. The second-order valence-electron chi connectivity index (χ2n) is 10.5. The molecule has 1 amide bonds. The van der Waals surface area contributed by atoms with Gasteiger partial charge in [0.15, 0.2) is 15.8 Å². The lowest BCUT2D eigenvalue weighted by Crippen LogP contribution is -2.51. The van der Waals surface area contributed by atoms with E-state index in [1.807, 2.05) is 6.07 Å². The molecule has 1 saturated heterocycles. The van der Waals surface area contributed by atoms with E-state index in [4.69, 9.17) is 33.3 Å². The van der Waals surface area contributed by atoms with Gasteiger partial charge in [-0.15, -0.1) is 0 Å². The van der Waals surface area contributed by atoms with Crippen LogP contribution in [0.2, 0.25) is 5.02 Å². The van der Waals surface area contributed by atoms with E-state index in [1.54, 1.807) is 49.6 Å². The molecule has 0 spiro atoms. The Hall–Kier alpha value is -2.35. The largest absolute Gasteiger partial charge is 0.493 e. The second-order valence-corrected chi connectivity index (χ2v) is 12.6. The molecule has 5 fully saturated rings. The number of rotatable bonds is 5. The van der Waals surface area contributed by atoms with Crippen LogP contribution in [0.4, 0.5) is 5.69 Å². The van der Waals surface area contributed by atoms with Crippen molar-refractivity contribution in [2.24, 2.45) is 23.2 Å². The van der Waals surface area contributed by atoms with Gasteiger partial charge in [0.1, 0.15) is 0 Å². The molecule has 4 aliphatic carbocycles. The minimum absolute atomic E-state index is 0.116. The molecule has 1 aliphatic heterocycles. The van der Waals surface area contributed by atoms with Crippen LogP contribution in [0.15, 0.2) is 47.4 Å². The average Bonchev–Trinajstić information content (AvgIpc) is 3.11. The van der Waals surface area contributed by atoms with E-state index in [2.05, 4.69) is 0 Å². The number of carbonyl (C=O) groups excluding carboxylic acids is 2. The van der Waals surface area contributed by atoms with Crippen LogP contribution in [0.3, 0.4) is 0 Å². The Morgan fingerprint density at radius 1 is 1.08 bits per heavy atom. The summed E-state index contributed by atoms with van der Waals surface area (Å²) < 4.78 is 12.0. The molecule has 36 heavy (non-hydrogen) atoms. The number of nitrogens with zero attached hydrogens (tertiary/aromatic N) is 1. The number of hydrogen-bond acceptors (Lipinski definition) is 6. The first-order valence-corrected chi connectivity index (χ1v) is 13.9. The molecular formula is C28H26ClNO4S2. The lowest BCUT2D eigenvalue weighted by Gasteiger charge is -2.55. The molecule has 0 aromatic heterocycles. The highest BCUT2D eigenvalue weighted by atomic mass is 35.5. The van der Waals surface area contributed by atoms with Crippen molar-refractivity contribution in [2.45, 2.75) is 38.5 Å². The van der Waals surface area contributed by atoms with E-state index in [0.717, 1.165) is 24.8 Å². The van der Waals surface area contributed by atoms with Crippen LogP contribution in [-0.4, -0.2) is 23.3 Å². The van der Waals surface area contributed by atoms with E-state index in [1.165, 1.54) is 35.9 Å². The first kappa shape index (κ1) is 24.0. The van der Waals surface area contributed by atoms with E-state index in [-0.39, 0.29) is 17.3 Å². The van der Waals surface area contributed by atoms with Crippen molar-refractivity contribution in [1.82, 2.24) is 0 Å². The molecule has 2 aromatic carbocycles. The summed E-state index contributed by atoms with van der Waals surface area (Å²) in [6.07, 6.45) is 8.44. The number of ether oxygens (including phenoxy) is 2. The van der Waals surface area contributed by atoms with Crippen LogP contribution in [0, 0.1) is 23.2 Å². The maximum Gasteiger partial charge on any atom is 0.317 e. The van der Waals surface area contributed by atoms with Gasteiger partial charge in [-0.2, -0.15) is 0 Å². The number of thioether (sulfide) groups is 1. The molecule has 0 radical (unpaired) electrons. The summed E-state index contributed by atoms with van der Waals surface area (Å²) in [5.41, 5.74) is 1.05. The van der Waals surface area contributed by atoms with Gasteiger partial charge in [-0.05, 0) is 98.2 Å². The summed E-state index contributed by atoms with van der Waals surface area (Å²) in [5.74, 6) is 2.56. The molecule has 7 rings (SSSR count). The molecule has 5 nitrogen and oxygen atoms in total. The first-order valence-electron chi connectivity index (χ1n) is 12.3. The normalized spacial score (nSPS) is 29.8. The van der Waals surface area contributed by atoms with E-state index in [9.17, 15) is 9.59 Å². The van der Waals surface area contributed by atoms with Gasteiger partial charge in [0, 0.05) is 5.02 Å². The molecular weight excluding hydrogens is 514 g/mol. The van der Waals surface area contributed by atoms with E-state index < -0.39 is 0 Å². The Balaban J connectivity index is 1.21. The molecule has 186 valence electrons. The summed E-state index contributed by atoms with van der Waals surface area (Å²) in [6, 6.07) is 12.4. The van der Waals surface area contributed by atoms with Crippen LogP contribution in [0.25, 0.3) is 6.08 Å². The van der Waals surface area contributed by atoms with Crippen molar-refractivity contribution in [3.05, 3.63) is 58.0 Å². The molecule has 2 aromatic rings. The molecule has 5 aliphatic rings. The van der Waals surface area contributed by atoms with Crippen molar-refractivity contribution >= 4 is 63.5 Å². The van der Waals surface area contributed by atoms with E-state index >= 15 is 0 Å². The first-order chi connectivity index (χ1) is 17.3. The van der Waals surface area contributed by atoms with Gasteiger partial charge >= 0.3 is 5.97 Å². The fourth-order valence-corrected chi connectivity index (χ4v) is 8.37. The molecule has 4 bridgehead atoms. The lowest BCUT2D eigenvalue weighted by atomic mass is 9.49. The Labute approximate surface area is 225 Å². The number of methoxy groups -OCH3 is 1. The minimum atomic E-state index is -0.340. The van der Waals surface area contributed by atoms with Crippen LogP contribution in [0.5, 0.6) is 11.5 Å². The Bertz CT molecular complexity index is 1270. The monoisotopic (exact) mass is 539 g/mol. The molecule has 0 atom stereocenters. The predicted molar refractivity (Wildman–Crippen MR) is 146 cm³/mol. The zero-order chi connectivity index (χ0) is 25.0. The maximum atomic E-state index is 13.4. The smallest absolute Gasteiger partial charge is 0.317 e. The van der Waals surface area contributed by atoms with Crippen LogP contribution in [-0.2, 0) is 9.59 Å². The number of hydrogen-bond donors (Lipinski definition) is 0. The van der Waals surface area contributed by atoms with Gasteiger partial charge in [0.2, 0.25) is 0 Å². The zero-order valence-corrected chi connectivity index (χ0v) is 22.3. The number of halogens is 1. The third-order valence-electron chi connectivity index (χ3n) is 8.02. The highest BCUT2D eigenvalue weighted by Crippen LogP contribution is 2.60. The van der Waals surface area contributed by atoms with Gasteiger partial charge < -0.3 is 9.47 Å². The van der Waals surface area contributed by atoms with Crippen LogP contribution >= 0.6 is 35.6 Å². The van der Waals surface area contributed by atoms with Crippen LogP contribution in [0.1, 0.15) is 44.1 Å². The fourth-order valence-electron chi connectivity index (χ4n) is 6.88. The number of esters is 1. The summed E-state index contributed by atoms with van der Waals surface area (Å²) in [4.78, 5) is 28.5.